The molecule has 1 aromatic carbocycles. The van der Waals surface area contributed by atoms with Crippen molar-refractivity contribution in [3.05, 3.63) is 28.8 Å². The molecule has 0 aliphatic heterocycles. The van der Waals surface area contributed by atoms with Crippen LogP contribution in [0.2, 0.25) is 0 Å². The number of hydrogen-bond acceptors (Lipinski definition) is 1. The van der Waals surface area contributed by atoms with Crippen molar-refractivity contribution in [3.8, 4) is 5.75 Å². The Morgan fingerprint density at radius 1 is 1.00 bits per heavy atom. The minimum atomic E-state index is 0. The van der Waals surface area contributed by atoms with E-state index >= 15 is 0 Å². The topological polar surface area (TPSA) is 20.2 Å². The first-order chi connectivity index (χ1) is 4.63. The summed E-state index contributed by atoms with van der Waals surface area (Å²) >= 11 is 0. The molecule has 0 fully saturated rings. The molecule has 0 saturated carbocycles. The Hall–Kier alpha value is 0.193. The summed E-state index contributed by atoms with van der Waals surface area (Å²) in [6.07, 6.45) is 0. The van der Waals surface area contributed by atoms with Crippen molar-refractivity contribution in [2.24, 2.45) is 0 Å². The van der Waals surface area contributed by atoms with Gasteiger partial charge in [-0.15, -0.1) is 12.4 Å². The third-order valence-corrected chi connectivity index (χ3v) is 2.03. The molecule has 66 valence electrons. The maximum atomic E-state index is 9.22. The molecule has 0 saturated heterocycles. The van der Waals surface area contributed by atoms with Crippen molar-refractivity contribution >= 4 is 12.4 Å². The second-order valence-corrected chi connectivity index (χ2v) is 2.65. The molecule has 0 atom stereocenters. The van der Waals surface area contributed by atoms with Crippen LogP contribution in [0.4, 0.5) is 0 Å². The number of hydrogen-bond donors (Lipinski definition) is 1. The van der Waals surface area contributed by atoms with E-state index in [1.807, 2.05) is 26.8 Å². The van der Waals surface area contributed by atoms with Gasteiger partial charge in [0.25, 0.3) is 0 Å². The van der Waals surface area contributed by atoms with Crippen LogP contribution < -0.4 is 0 Å². The molecule has 3 heteroatoms. The number of phenolic OH excluding ortho intramolecular Hbond substituents is 1. The molecule has 0 unspecified atom stereocenters. The van der Waals surface area contributed by atoms with Crippen molar-refractivity contribution in [1.82, 2.24) is 0 Å². The van der Waals surface area contributed by atoms with Crippen molar-refractivity contribution in [1.29, 1.82) is 0 Å². The molecule has 0 heterocycles. The van der Waals surface area contributed by atoms with Crippen LogP contribution in [-0.2, 0) is 26.2 Å². The van der Waals surface area contributed by atoms with Gasteiger partial charge >= 0.3 is 0 Å². The number of aromatic hydroxyl groups is 1. The Morgan fingerprint density at radius 3 is 1.92 bits per heavy atom. The Kier molecular flexibility index (Phi) is 7.07. The number of benzene rings is 1. The first kappa shape index (κ1) is 14.7. The van der Waals surface area contributed by atoms with Gasteiger partial charge in [0.05, 0.1) is 0 Å². The van der Waals surface area contributed by atoms with Crippen LogP contribution >= 0.6 is 12.4 Å². The predicted octanol–water partition coefficient (Wildman–Crippen LogP) is 2.74. The average Bonchev–Trinajstić information content (AvgIpc) is 1.93. The van der Waals surface area contributed by atoms with E-state index in [-0.39, 0.29) is 38.6 Å². The van der Waals surface area contributed by atoms with Gasteiger partial charge in [-0.25, -0.2) is 0 Å². The molecular weight excluding hydrogens is 251 g/mol. The number of aryl methyl sites for hydroxylation is 1. The van der Waals surface area contributed by atoms with Gasteiger partial charge in [-0.05, 0) is 43.5 Å². The van der Waals surface area contributed by atoms with Crippen molar-refractivity contribution in [3.63, 3.8) is 0 Å². The molecule has 1 rings (SSSR count). The smallest absolute Gasteiger partial charge is 0.118 e. The van der Waals surface area contributed by atoms with Crippen LogP contribution in [0.1, 0.15) is 16.7 Å². The van der Waals surface area contributed by atoms with Gasteiger partial charge in [0.15, 0.2) is 0 Å². The first-order valence-corrected chi connectivity index (χ1v) is 3.38. The zero-order chi connectivity index (χ0) is 7.72. The van der Waals surface area contributed by atoms with Crippen LogP contribution in [0, 0.1) is 20.8 Å². The minimum absolute atomic E-state index is 0. The van der Waals surface area contributed by atoms with Crippen molar-refractivity contribution < 1.29 is 31.3 Å². The van der Waals surface area contributed by atoms with Gasteiger partial charge in [0, 0.05) is 26.2 Å². The van der Waals surface area contributed by atoms with Gasteiger partial charge in [-0.1, -0.05) is 6.07 Å². The molecule has 0 aromatic heterocycles. The zero-order valence-corrected chi connectivity index (χ0v) is 10.8. The maximum absolute atomic E-state index is 9.22. The summed E-state index contributed by atoms with van der Waals surface area (Å²) in [4.78, 5) is 0. The summed E-state index contributed by atoms with van der Waals surface area (Å²) in [5.74, 6) is 0.392. The molecule has 0 spiro atoms. The Labute approximate surface area is 98.7 Å². The molecule has 1 N–H and O–H groups in total. The molecule has 0 radical (unpaired) electrons. The molecule has 12 heavy (non-hydrogen) atoms. The predicted molar refractivity (Wildman–Crippen MR) is 49.6 cm³/mol. The van der Waals surface area contributed by atoms with E-state index in [0.29, 0.717) is 5.75 Å². The Bertz CT molecular complexity index is 234. The standard InChI is InChI=1S/C9H12O.ClH.Zr/c1-6-4-5-9(10)8(3)7(6)2;;/h4-5,10H,1-3H3;1H;. The summed E-state index contributed by atoms with van der Waals surface area (Å²) in [5.41, 5.74) is 3.40. The number of rotatable bonds is 0. The van der Waals surface area contributed by atoms with Crippen LogP contribution in [0.15, 0.2) is 12.1 Å². The van der Waals surface area contributed by atoms with Gasteiger partial charge in [0.1, 0.15) is 5.75 Å². The number of halogens is 1. The first-order valence-electron chi connectivity index (χ1n) is 3.38. The average molecular weight is 264 g/mol. The van der Waals surface area contributed by atoms with Gasteiger partial charge in [0.2, 0.25) is 0 Å². The fourth-order valence-corrected chi connectivity index (χ4v) is 0.942. The minimum Gasteiger partial charge on any atom is -0.508 e. The van der Waals surface area contributed by atoms with E-state index in [4.69, 9.17) is 0 Å². The second-order valence-electron chi connectivity index (χ2n) is 2.65. The van der Waals surface area contributed by atoms with E-state index in [1.165, 1.54) is 11.1 Å². The van der Waals surface area contributed by atoms with E-state index in [1.54, 1.807) is 6.07 Å². The molecular formula is C9H13ClOZr. The molecule has 1 nitrogen and oxygen atoms in total. The fraction of sp³-hybridized carbons (Fsp3) is 0.333. The zero-order valence-electron chi connectivity index (χ0n) is 7.51. The summed E-state index contributed by atoms with van der Waals surface area (Å²) in [6.45, 7) is 5.99. The molecule has 0 aliphatic rings. The van der Waals surface area contributed by atoms with Gasteiger partial charge in [-0.2, -0.15) is 0 Å². The van der Waals surface area contributed by atoms with Crippen molar-refractivity contribution in [2.75, 3.05) is 0 Å². The monoisotopic (exact) mass is 262 g/mol. The summed E-state index contributed by atoms with van der Waals surface area (Å²) in [5, 5.41) is 9.22. The third kappa shape index (κ3) is 2.91. The number of phenols is 1. The van der Waals surface area contributed by atoms with E-state index < -0.39 is 0 Å². The molecule has 0 bridgehead atoms. The Morgan fingerprint density at radius 2 is 1.50 bits per heavy atom. The molecule has 1 aromatic rings. The largest absolute Gasteiger partial charge is 0.508 e. The van der Waals surface area contributed by atoms with E-state index in [0.717, 1.165) is 5.56 Å². The SMILES string of the molecule is Cc1ccc(O)c(C)c1C.Cl.[Zr]. The van der Waals surface area contributed by atoms with Crippen LogP contribution in [-0.4, -0.2) is 5.11 Å². The van der Waals surface area contributed by atoms with Crippen LogP contribution in [0.5, 0.6) is 5.75 Å². The molecule has 0 aliphatic carbocycles. The molecule has 0 amide bonds. The Balaban J connectivity index is 0. The summed E-state index contributed by atoms with van der Waals surface area (Å²) < 4.78 is 0. The maximum Gasteiger partial charge on any atom is 0.118 e. The second kappa shape index (κ2) is 5.77. The quantitative estimate of drug-likeness (QED) is 0.763. The third-order valence-electron chi connectivity index (χ3n) is 2.03. The van der Waals surface area contributed by atoms with Crippen LogP contribution in [0.3, 0.4) is 0 Å². The van der Waals surface area contributed by atoms with Crippen LogP contribution in [0.25, 0.3) is 0 Å². The van der Waals surface area contributed by atoms with Crippen molar-refractivity contribution in [2.45, 2.75) is 20.8 Å². The summed E-state index contributed by atoms with van der Waals surface area (Å²) in [6, 6.07) is 3.66. The normalized spacial score (nSPS) is 8.25. The summed E-state index contributed by atoms with van der Waals surface area (Å²) in [7, 11) is 0. The van der Waals surface area contributed by atoms with Gasteiger partial charge in [-0.3, -0.25) is 0 Å². The van der Waals surface area contributed by atoms with E-state index in [9.17, 15) is 5.11 Å². The fourth-order valence-electron chi connectivity index (χ4n) is 0.942. The van der Waals surface area contributed by atoms with Gasteiger partial charge < -0.3 is 5.11 Å². The van der Waals surface area contributed by atoms with E-state index in [2.05, 4.69) is 0 Å².